The van der Waals surface area contributed by atoms with E-state index in [4.69, 9.17) is 9.47 Å². The Labute approximate surface area is 149 Å². The molecule has 2 saturated heterocycles. The van der Waals surface area contributed by atoms with Crippen LogP contribution in [0.3, 0.4) is 0 Å². The van der Waals surface area contributed by atoms with Gasteiger partial charge in [-0.2, -0.15) is 0 Å². The van der Waals surface area contributed by atoms with Gasteiger partial charge in [-0.25, -0.2) is 18.0 Å². The number of morpholine rings is 1. The highest BCUT2D eigenvalue weighted by atomic mass is 19.2. The molecule has 0 spiro atoms. The Morgan fingerprint density at radius 3 is 2.69 bits per heavy atom. The van der Waals surface area contributed by atoms with Crippen LogP contribution >= 0.6 is 0 Å². The minimum Gasteiger partial charge on any atom is -0.379 e. The predicted octanol–water partition coefficient (Wildman–Crippen LogP) is 2.06. The average molecular weight is 373 g/mol. The van der Waals surface area contributed by atoms with E-state index < -0.39 is 29.2 Å². The van der Waals surface area contributed by atoms with Gasteiger partial charge in [-0.05, 0) is 6.42 Å². The van der Waals surface area contributed by atoms with Crippen molar-refractivity contribution < 1.29 is 27.4 Å². The van der Waals surface area contributed by atoms with Crippen molar-refractivity contribution >= 4 is 11.7 Å². The Morgan fingerprint density at radius 2 is 1.92 bits per heavy atom. The number of carbonyl (C=O) groups excluding carboxylic acids is 1. The number of carbonyl (C=O) groups is 1. The summed E-state index contributed by atoms with van der Waals surface area (Å²) in [5.41, 5.74) is -0.512. The molecule has 26 heavy (non-hydrogen) atoms. The standard InChI is InChI=1S/C17H22F3N3O3/c18-12-8-14(19)16(20)15(9-12)21-17(24)23-2-1-5-26-13(11-23)10-22-3-6-25-7-4-22/h8-9,13H,1-7,10-11H2,(H,21,24)/t13-/m1/s1. The van der Waals surface area contributed by atoms with Crippen molar-refractivity contribution in [2.75, 3.05) is 57.9 Å². The summed E-state index contributed by atoms with van der Waals surface area (Å²) in [7, 11) is 0. The molecule has 1 N–H and O–H groups in total. The number of rotatable bonds is 3. The van der Waals surface area contributed by atoms with Gasteiger partial charge < -0.3 is 19.7 Å². The molecule has 0 radical (unpaired) electrons. The van der Waals surface area contributed by atoms with Gasteiger partial charge in [0.25, 0.3) is 0 Å². The monoisotopic (exact) mass is 373 g/mol. The molecule has 2 aliphatic heterocycles. The lowest BCUT2D eigenvalue weighted by molar-refractivity contribution is -0.00983. The molecule has 0 bridgehead atoms. The minimum atomic E-state index is -1.34. The van der Waals surface area contributed by atoms with Crippen LogP contribution in [0.4, 0.5) is 23.7 Å². The van der Waals surface area contributed by atoms with Crippen LogP contribution in [0.1, 0.15) is 6.42 Å². The van der Waals surface area contributed by atoms with E-state index in [1.807, 2.05) is 0 Å². The minimum absolute atomic E-state index is 0.185. The first kappa shape index (κ1) is 18.9. The van der Waals surface area contributed by atoms with E-state index in [2.05, 4.69) is 10.2 Å². The highest BCUT2D eigenvalue weighted by Crippen LogP contribution is 2.20. The second-order valence-electron chi connectivity index (χ2n) is 6.38. The molecule has 2 amide bonds. The van der Waals surface area contributed by atoms with E-state index in [-0.39, 0.29) is 6.10 Å². The first-order valence-corrected chi connectivity index (χ1v) is 8.65. The van der Waals surface area contributed by atoms with Crippen LogP contribution in [0.15, 0.2) is 12.1 Å². The lowest BCUT2D eigenvalue weighted by Crippen LogP contribution is -2.46. The van der Waals surface area contributed by atoms with Gasteiger partial charge in [-0.1, -0.05) is 0 Å². The molecule has 1 aromatic carbocycles. The molecule has 144 valence electrons. The fourth-order valence-electron chi connectivity index (χ4n) is 3.10. The number of hydrogen-bond acceptors (Lipinski definition) is 4. The van der Waals surface area contributed by atoms with E-state index in [1.54, 1.807) is 0 Å². The Morgan fingerprint density at radius 1 is 1.15 bits per heavy atom. The Bertz CT molecular complexity index is 641. The molecule has 6 nitrogen and oxygen atoms in total. The van der Waals surface area contributed by atoms with Gasteiger partial charge in [0, 0.05) is 51.5 Å². The van der Waals surface area contributed by atoms with Crippen LogP contribution in [0, 0.1) is 17.5 Å². The summed E-state index contributed by atoms with van der Waals surface area (Å²) in [5.74, 6) is -3.58. The maximum absolute atomic E-state index is 13.8. The molecule has 1 aromatic rings. The SMILES string of the molecule is O=C(Nc1cc(F)cc(F)c1F)N1CCCO[C@H](CN2CCOCC2)C1. The Hall–Kier alpha value is -1.84. The second kappa shape index (κ2) is 8.70. The van der Waals surface area contributed by atoms with E-state index in [9.17, 15) is 18.0 Å². The lowest BCUT2D eigenvalue weighted by atomic mass is 10.2. The van der Waals surface area contributed by atoms with Gasteiger partial charge in [0.2, 0.25) is 0 Å². The Balaban J connectivity index is 1.62. The average Bonchev–Trinajstić information content (AvgIpc) is 2.86. The third-order valence-electron chi connectivity index (χ3n) is 4.44. The first-order valence-electron chi connectivity index (χ1n) is 8.65. The molecule has 0 aliphatic carbocycles. The summed E-state index contributed by atoms with van der Waals surface area (Å²) in [4.78, 5) is 16.1. The third-order valence-corrected chi connectivity index (χ3v) is 4.44. The number of nitrogens with one attached hydrogen (secondary N) is 1. The summed E-state index contributed by atoms with van der Waals surface area (Å²) >= 11 is 0. The molecule has 3 rings (SSSR count). The molecule has 0 aromatic heterocycles. The Kier molecular flexibility index (Phi) is 6.33. The summed E-state index contributed by atoms with van der Waals surface area (Å²) < 4.78 is 51.5. The number of nitrogens with zero attached hydrogens (tertiary/aromatic N) is 2. The van der Waals surface area contributed by atoms with Crippen LogP contribution < -0.4 is 5.32 Å². The van der Waals surface area contributed by atoms with Crippen LogP contribution in [-0.2, 0) is 9.47 Å². The van der Waals surface area contributed by atoms with E-state index in [1.165, 1.54) is 4.90 Å². The van der Waals surface area contributed by atoms with Gasteiger partial charge in [-0.15, -0.1) is 0 Å². The number of halogens is 3. The van der Waals surface area contributed by atoms with Gasteiger partial charge in [0.1, 0.15) is 5.82 Å². The molecule has 9 heteroatoms. The van der Waals surface area contributed by atoms with Crippen molar-refractivity contribution in [1.29, 1.82) is 0 Å². The number of anilines is 1. The largest absolute Gasteiger partial charge is 0.379 e. The van der Waals surface area contributed by atoms with Crippen molar-refractivity contribution in [2.45, 2.75) is 12.5 Å². The predicted molar refractivity (Wildman–Crippen MR) is 88.5 cm³/mol. The first-order chi connectivity index (χ1) is 12.5. The van der Waals surface area contributed by atoms with Crippen LogP contribution in [0.2, 0.25) is 0 Å². The van der Waals surface area contributed by atoms with Crippen molar-refractivity contribution in [3.05, 3.63) is 29.6 Å². The van der Waals surface area contributed by atoms with Gasteiger partial charge in [0.05, 0.1) is 25.0 Å². The smallest absolute Gasteiger partial charge is 0.322 e. The quantitative estimate of drug-likeness (QED) is 0.825. The summed E-state index contributed by atoms with van der Waals surface area (Å²) in [6.07, 6.45) is 0.447. The zero-order chi connectivity index (χ0) is 18.5. The summed E-state index contributed by atoms with van der Waals surface area (Å²) in [5, 5.41) is 2.26. The van der Waals surface area contributed by atoms with Crippen molar-refractivity contribution in [3.63, 3.8) is 0 Å². The number of urea groups is 1. The van der Waals surface area contributed by atoms with E-state index in [0.717, 1.165) is 19.2 Å². The maximum Gasteiger partial charge on any atom is 0.322 e. The number of benzene rings is 1. The van der Waals surface area contributed by atoms with Gasteiger partial charge >= 0.3 is 6.03 Å². The molecule has 2 fully saturated rings. The topological polar surface area (TPSA) is 54.0 Å². The van der Waals surface area contributed by atoms with Crippen molar-refractivity contribution in [1.82, 2.24) is 9.80 Å². The van der Waals surface area contributed by atoms with Crippen LogP contribution in [0.5, 0.6) is 0 Å². The molecule has 1 atom stereocenters. The van der Waals surface area contributed by atoms with Crippen molar-refractivity contribution in [2.24, 2.45) is 0 Å². The maximum atomic E-state index is 13.8. The number of hydrogen-bond donors (Lipinski definition) is 1. The second-order valence-corrected chi connectivity index (χ2v) is 6.38. The molecule has 0 saturated carbocycles. The van der Waals surface area contributed by atoms with Crippen LogP contribution in [-0.4, -0.2) is 74.5 Å². The van der Waals surface area contributed by atoms with Crippen LogP contribution in [0.25, 0.3) is 0 Å². The highest BCUT2D eigenvalue weighted by Gasteiger charge is 2.26. The molecular formula is C17H22F3N3O3. The van der Waals surface area contributed by atoms with Gasteiger partial charge in [-0.3, -0.25) is 4.90 Å². The fraction of sp³-hybridized carbons (Fsp3) is 0.588. The van der Waals surface area contributed by atoms with E-state index in [0.29, 0.717) is 51.9 Å². The zero-order valence-electron chi connectivity index (χ0n) is 14.3. The van der Waals surface area contributed by atoms with E-state index >= 15 is 0 Å². The number of ether oxygens (including phenoxy) is 2. The fourth-order valence-corrected chi connectivity index (χ4v) is 3.10. The lowest BCUT2D eigenvalue weighted by Gasteiger charge is -2.31. The molecule has 0 unspecified atom stereocenters. The van der Waals surface area contributed by atoms with Crippen molar-refractivity contribution in [3.8, 4) is 0 Å². The molecule has 2 heterocycles. The highest BCUT2D eigenvalue weighted by molar-refractivity contribution is 5.89. The molecule has 2 aliphatic rings. The summed E-state index contributed by atoms with van der Waals surface area (Å²) in [6.45, 7) is 4.87. The number of amides is 2. The molecular weight excluding hydrogens is 351 g/mol. The van der Waals surface area contributed by atoms with Gasteiger partial charge in [0.15, 0.2) is 11.6 Å². The third kappa shape index (κ3) is 4.87. The summed E-state index contributed by atoms with van der Waals surface area (Å²) in [6, 6.07) is 0.588. The normalized spacial score (nSPS) is 22.1. The zero-order valence-corrected chi connectivity index (χ0v) is 14.3.